The molecule has 1 aromatic carbocycles. The predicted molar refractivity (Wildman–Crippen MR) is 59.7 cm³/mol. The summed E-state index contributed by atoms with van der Waals surface area (Å²) in [5, 5.41) is 8.86. The topological polar surface area (TPSA) is 37.3 Å². The van der Waals surface area contributed by atoms with Crippen LogP contribution in [-0.4, -0.2) is 15.4 Å². The summed E-state index contributed by atoms with van der Waals surface area (Å²) in [5.74, 6) is -4.14. The van der Waals surface area contributed by atoms with Gasteiger partial charge in [0.05, 0.1) is 11.5 Å². The highest BCUT2D eigenvalue weighted by Crippen LogP contribution is 2.65. The van der Waals surface area contributed by atoms with Gasteiger partial charge in [-0.3, -0.25) is 4.79 Å². The number of rotatable bonds is 3. The molecular weight excluding hydrogens is 292 g/mol. The van der Waals surface area contributed by atoms with Gasteiger partial charge in [-0.15, -0.1) is 0 Å². The van der Waals surface area contributed by atoms with Gasteiger partial charge in [-0.25, -0.2) is 13.2 Å². The van der Waals surface area contributed by atoms with Crippen molar-refractivity contribution in [3.05, 3.63) is 35.1 Å². The number of hydrogen-bond acceptors (Lipinski definition) is 1. The van der Waals surface area contributed by atoms with Crippen molar-refractivity contribution in [3.8, 4) is 0 Å². The molecule has 1 saturated carbocycles. The molecule has 0 bridgehead atoms. The Morgan fingerprint density at radius 1 is 1.39 bits per heavy atom. The molecule has 0 aliphatic heterocycles. The number of benzene rings is 1. The van der Waals surface area contributed by atoms with Gasteiger partial charge in [0.2, 0.25) is 0 Å². The van der Waals surface area contributed by atoms with Gasteiger partial charge in [0.1, 0.15) is 10.2 Å². The lowest BCUT2D eigenvalue weighted by molar-refractivity contribution is -0.138. The first-order valence-corrected chi connectivity index (χ1v) is 5.70. The molecule has 1 aromatic rings. The third-order valence-corrected chi connectivity index (χ3v) is 3.87. The van der Waals surface area contributed by atoms with Gasteiger partial charge in [0.15, 0.2) is 0 Å². The summed E-state index contributed by atoms with van der Waals surface area (Å²) in [5.41, 5.74) is -0.586. The summed E-state index contributed by atoms with van der Waals surface area (Å²) in [6.45, 7) is 0. The lowest BCUT2D eigenvalue weighted by Gasteiger charge is -2.05. The van der Waals surface area contributed by atoms with Crippen LogP contribution < -0.4 is 0 Å². The van der Waals surface area contributed by atoms with E-state index in [9.17, 15) is 18.0 Å². The Bertz CT molecular complexity index is 505. The molecule has 0 amide bonds. The van der Waals surface area contributed by atoms with Gasteiger partial charge in [-0.2, -0.15) is 0 Å². The van der Waals surface area contributed by atoms with Crippen LogP contribution in [0.2, 0.25) is 0 Å². The molecule has 0 aromatic heterocycles. The minimum atomic E-state index is -2.98. The Kier molecular flexibility index (Phi) is 3.23. The van der Waals surface area contributed by atoms with Crippen LogP contribution in [0.3, 0.4) is 0 Å². The molecular formula is C11H7Cl2F3O2. The van der Waals surface area contributed by atoms with E-state index in [0.717, 1.165) is 12.1 Å². The molecule has 1 fully saturated rings. The summed E-state index contributed by atoms with van der Waals surface area (Å²) >= 11 is 11.6. The fourth-order valence-electron chi connectivity index (χ4n) is 1.97. The highest BCUT2D eigenvalue weighted by Gasteiger charge is 2.68. The molecule has 0 radical (unpaired) electrons. The summed E-state index contributed by atoms with van der Waals surface area (Å²) < 4.78 is 36.6. The van der Waals surface area contributed by atoms with Crippen molar-refractivity contribution in [1.82, 2.24) is 0 Å². The number of aliphatic carboxylic acids is 1. The maximum atomic E-state index is 13.1. The van der Waals surface area contributed by atoms with Crippen molar-refractivity contribution < 1.29 is 23.1 Å². The summed E-state index contributed by atoms with van der Waals surface area (Å²) in [6.07, 6.45) is -2.98. The standard InChI is InChI=1S/C11H7Cl2F3O2/c12-11(13)7(8(11)10(17)18)4-1-2-6(14)5(3-4)9(15)16/h1-3,7-9H,(H,17,18)/t7-,8+/m0/s1. The van der Waals surface area contributed by atoms with Crippen molar-refractivity contribution in [2.75, 3.05) is 0 Å². The Morgan fingerprint density at radius 3 is 2.44 bits per heavy atom. The lowest BCUT2D eigenvalue weighted by atomic mass is 10.1. The zero-order valence-electron chi connectivity index (χ0n) is 8.71. The van der Waals surface area contributed by atoms with Crippen molar-refractivity contribution in [2.24, 2.45) is 5.92 Å². The summed E-state index contributed by atoms with van der Waals surface area (Å²) in [6, 6.07) is 2.99. The monoisotopic (exact) mass is 298 g/mol. The largest absolute Gasteiger partial charge is 0.481 e. The lowest BCUT2D eigenvalue weighted by Crippen LogP contribution is -2.03. The van der Waals surface area contributed by atoms with E-state index in [0.29, 0.717) is 0 Å². The highest BCUT2D eigenvalue weighted by atomic mass is 35.5. The maximum Gasteiger partial charge on any atom is 0.310 e. The van der Waals surface area contributed by atoms with E-state index in [-0.39, 0.29) is 5.56 Å². The SMILES string of the molecule is O=C(O)[C@H]1[C@H](c2ccc(F)c(C(F)F)c2)C1(Cl)Cl. The van der Waals surface area contributed by atoms with Crippen LogP contribution in [0.1, 0.15) is 23.5 Å². The molecule has 1 aliphatic carbocycles. The van der Waals surface area contributed by atoms with Crippen molar-refractivity contribution in [2.45, 2.75) is 16.7 Å². The van der Waals surface area contributed by atoms with Gasteiger partial charge in [-0.05, 0) is 17.7 Å². The van der Waals surface area contributed by atoms with E-state index in [1.165, 1.54) is 6.07 Å². The Morgan fingerprint density at radius 2 is 2.00 bits per heavy atom. The van der Waals surface area contributed by atoms with Crippen LogP contribution in [0.15, 0.2) is 18.2 Å². The van der Waals surface area contributed by atoms with Crippen molar-refractivity contribution >= 4 is 29.2 Å². The average Bonchev–Trinajstić information content (AvgIpc) is 2.82. The fourth-order valence-corrected chi connectivity index (χ4v) is 2.79. The molecule has 2 atom stereocenters. The van der Waals surface area contributed by atoms with Crippen LogP contribution in [0.25, 0.3) is 0 Å². The molecule has 98 valence electrons. The Balaban J connectivity index is 2.37. The van der Waals surface area contributed by atoms with Crippen LogP contribution >= 0.6 is 23.2 Å². The van der Waals surface area contributed by atoms with E-state index in [2.05, 4.69) is 0 Å². The van der Waals surface area contributed by atoms with Crippen LogP contribution in [0, 0.1) is 11.7 Å². The zero-order valence-corrected chi connectivity index (χ0v) is 10.2. The van der Waals surface area contributed by atoms with Gasteiger partial charge >= 0.3 is 5.97 Å². The van der Waals surface area contributed by atoms with E-state index in [1.54, 1.807) is 0 Å². The van der Waals surface area contributed by atoms with Crippen LogP contribution in [0.5, 0.6) is 0 Å². The number of halogens is 5. The molecule has 0 unspecified atom stereocenters. The highest BCUT2D eigenvalue weighted by molar-refractivity contribution is 6.53. The first kappa shape index (κ1) is 13.5. The zero-order chi connectivity index (χ0) is 13.7. The Hall–Kier alpha value is -0.940. The molecule has 1 N–H and O–H groups in total. The maximum absolute atomic E-state index is 13.1. The van der Waals surface area contributed by atoms with Crippen molar-refractivity contribution in [1.29, 1.82) is 0 Å². The van der Waals surface area contributed by atoms with Gasteiger partial charge < -0.3 is 5.11 Å². The molecule has 0 saturated heterocycles. The number of carboxylic acids is 1. The smallest absolute Gasteiger partial charge is 0.310 e. The normalized spacial score (nSPS) is 25.2. The number of hydrogen-bond donors (Lipinski definition) is 1. The van der Waals surface area contributed by atoms with Crippen LogP contribution in [0.4, 0.5) is 13.2 Å². The molecule has 2 nitrogen and oxygen atoms in total. The van der Waals surface area contributed by atoms with E-state index in [4.69, 9.17) is 28.3 Å². The third kappa shape index (κ3) is 2.06. The van der Waals surface area contributed by atoms with E-state index >= 15 is 0 Å². The molecule has 2 rings (SSSR count). The van der Waals surface area contributed by atoms with Crippen molar-refractivity contribution in [3.63, 3.8) is 0 Å². The molecule has 18 heavy (non-hydrogen) atoms. The summed E-state index contributed by atoms with van der Waals surface area (Å²) in [4.78, 5) is 10.9. The molecule has 0 heterocycles. The van der Waals surface area contributed by atoms with Crippen LogP contribution in [-0.2, 0) is 4.79 Å². The molecule has 0 spiro atoms. The fraction of sp³-hybridized carbons (Fsp3) is 0.364. The molecule has 7 heteroatoms. The number of carboxylic acid groups (broad SMARTS) is 1. The number of carbonyl (C=O) groups is 1. The second-order valence-electron chi connectivity index (χ2n) is 4.05. The minimum Gasteiger partial charge on any atom is -0.481 e. The van der Waals surface area contributed by atoms with Gasteiger partial charge in [0, 0.05) is 5.92 Å². The predicted octanol–water partition coefficient (Wildman–Crippen LogP) is 3.74. The average molecular weight is 299 g/mol. The number of alkyl halides is 4. The quantitative estimate of drug-likeness (QED) is 0.863. The van der Waals surface area contributed by atoms with Gasteiger partial charge in [-0.1, -0.05) is 29.3 Å². The second kappa shape index (κ2) is 4.31. The van der Waals surface area contributed by atoms with E-state index in [1.807, 2.05) is 0 Å². The molecule has 1 aliphatic rings. The summed E-state index contributed by atoms with van der Waals surface area (Å²) in [7, 11) is 0. The van der Waals surface area contributed by atoms with Gasteiger partial charge in [0.25, 0.3) is 6.43 Å². The second-order valence-corrected chi connectivity index (χ2v) is 5.49. The Labute approximate surface area is 110 Å². The first-order chi connectivity index (χ1) is 8.26. The third-order valence-electron chi connectivity index (χ3n) is 2.93. The minimum absolute atomic E-state index is 0.198. The first-order valence-electron chi connectivity index (χ1n) is 4.95. The van der Waals surface area contributed by atoms with E-state index < -0.39 is 39.9 Å².